The number of rotatable bonds is 4. The topological polar surface area (TPSA) is 0 Å². The van der Waals surface area contributed by atoms with Gasteiger partial charge in [-0.05, 0) is 37.0 Å². The van der Waals surface area contributed by atoms with E-state index in [2.05, 4.69) is 33.8 Å². The Morgan fingerprint density at radius 2 is 1.92 bits per heavy atom. The van der Waals surface area contributed by atoms with Gasteiger partial charge in [0.25, 0.3) is 0 Å². The summed E-state index contributed by atoms with van der Waals surface area (Å²) in [5.74, 6) is 2.59. The number of allylic oxidation sites excluding steroid dienone is 2. The molecule has 1 aliphatic rings. The lowest BCUT2D eigenvalue weighted by Gasteiger charge is -2.18. The van der Waals surface area contributed by atoms with Gasteiger partial charge in [-0.3, -0.25) is 0 Å². The summed E-state index contributed by atoms with van der Waals surface area (Å²) in [7, 11) is 0. The molecule has 1 aliphatic carbocycles. The molecule has 0 heterocycles. The quantitative estimate of drug-likeness (QED) is 0.562. The molecule has 1 rings (SSSR count). The molecule has 0 aromatic rings. The molecule has 0 aliphatic heterocycles. The molecule has 0 amide bonds. The van der Waals surface area contributed by atoms with E-state index in [1.807, 2.05) is 0 Å². The van der Waals surface area contributed by atoms with Gasteiger partial charge in [-0.15, -0.1) is 0 Å². The van der Waals surface area contributed by atoms with Crippen LogP contribution in [0.5, 0.6) is 0 Å². The minimum absolute atomic E-state index is 0.844. The van der Waals surface area contributed by atoms with Crippen LogP contribution in [0.15, 0.2) is 11.6 Å². The summed E-state index contributed by atoms with van der Waals surface area (Å²) in [6.07, 6.45) is 7.93. The van der Waals surface area contributed by atoms with Crippen molar-refractivity contribution in [2.24, 2.45) is 17.8 Å². The van der Waals surface area contributed by atoms with Crippen LogP contribution in [-0.4, -0.2) is 0 Å². The molecule has 0 saturated carbocycles. The third-order valence-electron chi connectivity index (χ3n) is 3.77. The number of hydrogen-bond acceptors (Lipinski definition) is 0. The van der Waals surface area contributed by atoms with Gasteiger partial charge in [-0.2, -0.15) is 0 Å². The van der Waals surface area contributed by atoms with E-state index in [1.165, 1.54) is 25.7 Å². The summed E-state index contributed by atoms with van der Waals surface area (Å²) in [5.41, 5.74) is 1.74. The van der Waals surface area contributed by atoms with Crippen molar-refractivity contribution in [3.05, 3.63) is 11.6 Å². The second-order valence-electron chi connectivity index (χ2n) is 4.57. The van der Waals surface area contributed by atoms with Crippen LogP contribution in [0.25, 0.3) is 0 Å². The summed E-state index contributed by atoms with van der Waals surface area (Å²) in [6, 6.07) is 0. The molecule has 0 N–H and O–H groups in total. The summed E-state index contributed by atoms with van der Waals surface area (Å²) < 4.78 is 0. The first kappa shape index (κ1) is 10.8. The highest BCUT2D eigenvalue weighted by molar-refractivity contribution is 5.16. The molecule has 0 saturated heterocycles. The second-order valence-corrected chi connectivity index (χ2v) is 4.57. The highest BCUT2D eigenvalue weighted by Crippen LogP contribution is 2.39. The van der Waals surface area contributed by atoms with Gasteiger partial charge in [-0.25, -0.2) is 0 Å². The van der Waals surface area contributed by atoms with E-state index in [1.54, 1.807) is 5.57 Å². The predicted octanol–water partition coefficient (Wildman–Crippen LogP) is 4.42. The molecular weight excluding hydrogens is 156 g/mol. The first-order valence-corrected chi connectivity index (χ1v) is 5.91. The molecule has 76 valence electrons. The molecule has 0 spiro atoms. The van der Waals surface area contributed by atoms with Crippen molar-refractivity contribution in [2.75, 3.05) is 0 Å². The summed E-state index contributed by atoms with van der Waals surface area (Å²) in [4.78, 5) is 0. The van der Waals surface area contributed by atoms with Crippen LogP contribution in [-0.2, 0) is 0 Å². The van der Waals surface area contributed by atoms with E-state index in [9.17, 15) is 0 Å². The average molecular weight is 180 g/mol. The highest BCUT2D eigenvalue weighted by Gasteiger charge is 2.28. The Hall–Kier alpha value is -0.260. The minimum Gasteiger partial charge on any atom is -0.0817 e. The molecular formula is C13H24. The van der Waals surface area contributed by atoms with Crippen molar-refractivity contribution in [1.29, 1.82) is 0 Å². The van der Waals surface area contributed by atoms with Crippen LogP contribution in [0.4, 0.5) is 0 Å². The van der Waals surface area contributed by atoms with Crippen LogP contribution in [0.2, 0.25) is 0 Å². The normalized spacial score (nSPS) is 33.5. The van der Waals surface area contributed by atoms with Crippen LogP contribution < -0.4 is 0 Å². The van der Waals surface area contributed by atoms with Gasteiger partial charge in [-0.1, -0.05) is 45.8 Å². The van der Waals surface area contributed by atoms with Gasteiger partial charge < -0.3 is 0 Å². The Kier molecular flexibility index (Phi) is 4.02. The third-order valence-corrected chi connectivity index (χ3v) is 3.77. The van der Waals surface area contributed by atoms with Gasteiger partial charge in [0, 0.05) is 0 Å². The largest absolute Gasteiger partial charge is 0.0817 e. The smallest absolute Gasteiger partial charge is 0.0200 e. The Morgan fingerprint density at radius 3 is 2.38 bits per heavy atom. The molecule has 0 bridgehead atoms. The van der Waals surface area contributed by atoms with E-state index in [4.69, 9.17) is 0 Å². The maximum atomic E-state index is 2.56. The zero-order valence-electron chi connectivity index (χ0n) is 9.64. The zero-order valence-corrected chi connectivity index (χ0v) is 9.64. The van der Waals surface area contributed by atoms with E-state index >= 15 is 0 Å². The lowest BCUT2D eigenvalue weighted by atomic mass is 9.87. The average Bonchev–Trinajstić information content (AvgIpc) is 2.41. The van der Waals surface area contributed by atoms with E-state index in [-0.39, 0.29) is 0 Å². The summed E-state index contributed by atoms with van der Waals surface area (Å²) in [5, 5.41) is 0. The second kappa shape index (κ2) is 4.83. The van der Waals surface area contributed by atoms with Crippen molar-refractivity contribution in [3.63, 3.8) is 0 Å². The fourth-order valence-corrected chi connectivity index (χ4v) is 2.47. The zero-order chi connectivity index (χ0) is 9.84. The molecule has 0 aromatic carbocycles. The maximum absolute atomic E-state index is 2.56. The fourth-order valence-electron chi connectivity index (χ4n) is 2.47. The Labute approximate surface area is 83.4 Å². The standard InChI is InChI=1S/C13H24/c1-5-7-8-13-9-12(6-2)10(3)11(13)4/h9-12H,5-8H2,1-4H3. The van der Waals surface area contributed by atoms with Gasteiger partial charge in [0.15, 0.2) is 0 Å². The fraction of sp³-hybridized carbons (Fsp3) is 0.846. The molecule has 0 radical (unpaired) electrons. The van der Waals surface area contributed by atoms with Gasteiger partial charge >= 0.3 is 0 Å². The molecule has 0 heteroatoms. The Bertz CT molecular complexity index is 178. The summed E-state index contributed by atoms with van der Waals surface area (Å²) in [6.45, 7) is 9.41. The Balaban J connectivity index is 2.53. The minimum atomic E-state index is 0.844. The first-order chi connectivity index (χ1) is 6.20. The highest BCUT2D eigenvalue weighted by atomic mass is 14.3. The number of unbranched alkanes of at least 4 members (excludes halogenated alkanes) is 1. The molecule has 0 nitrogen and oxygen atoms in total. The monoisotopic (exact) mass is 180 g/mol. The maximum Gasteiger partial charge on any atom is -0.0200 e. The molecule has 0 fully saturated rings. The van der Waals surface area contributed by atoms with Gasteiger partial charge in [0.1, 0.15) is 0 Å². The van der Waals surface area contributed by atoms with Crippen LogP contribution in [0, 0.1) is 17.8 Å². The molecule has 3 unspecified atom stereocenters. The summed E-state index contributed by atoms with van der Waals surface area (Å²) >= 11 is 0. The lowest BCUT2D eigenvalue weighted by molar-refractivity contribution is 0.364. The predicted molar refractivity (Wildman–Crippen MR) is 59.7 cm³/mol. The van der Waals surface area contributed by atoms with Crippen molar-refractivity contribution in [3.8, 4) is 0 Å². The van der Waals surface area contributed by atoms with Crippen molar-refractivity contribution in [2.45, 2.75) is 53.4 Å². The lowest BCUT2D eigenvalue weighted by Crippen LogP contribution is -2.10. The Morgan fingerprint density at radius 1 is 1.23 bits per heavy atom. The van der Waals surface area contributed by atoms with Gasteiger partial charge in [0.05, 0.1) is 0 Å². The van der Waals surface area contributed by atoms with Crippen molar-refractivity contribution in [1.82, 2.24) is 0 Å². The first-order valence-electron chi connectivity index (χ1n) is 5.91. The van der Waals surface area contributed by atoms with Crippen LogP contribution in [0.3, 0.4) is 0 Å². The third kappa shape index (κ3) is 2.36. The molecule has 0 aromatic heterocycles. The van der Waals surface area contributed by atoms with E-state index < -0.39 is 0 Å². The molecule has 3 atom stereocenters. The van der Waals surface area contributed by atoms with E-state index in [0.29, 0.717) is 0 Å². The van der Waals surface area contributed by atoms with Crippen molar-refractivity contribution < 1.29 is 0 Å². The van der Waals surface area contributed by atoms with E-state index in [0.717, 1.165) is 17.8 Å². The van der Waals surface area contributed by atoms with Gasteiger partial charge in [0.2, 0.25) is 0 Å². The van der Waals surface area contributed by atoms with Crippen LogP contribution in [0.1, 0.15) is 53.4 Å². The number of hydrogen-bond donors (Lipinski definition) is 0. The SMILES string of the molecule is CCCCC1=CC(CC)C(C)C1C. The van der Waals surface area contributed by atoms with Crippen molar-refractivity contribution >= 4 is 0 Å². The molecule has 13 heavy (non-hydrogen) atoms. The van der Waals surface area contributed by atoms with Crippen LogP contribution >= 0.6 is 0 Å².